The predicted molar refractivity (Wildman–Crippen MR) is 88.2 cm³/mol. The van der Waals surface area contributed by atoms with Gasteiger partial charge in [0.05, 0.1) is 0 Å². The van der Waals surface area contributed by atoms with Crippen molar-refractivity contribution in [2.75, 3.05) is 47.8 Å². The van der Waals surface area contributed by atoms with Crippen LogP contribution in [0.2, 0.25) is 0 Å². The van der Waals surface area contributed by atoms with Gasteiger partial charge < -0.3 is 15.1 Å². The smallest absolute Gasteiger partial charge is 0.0206 e. The molecule has 1 aromatic rings. The fraction of sp³-hybridized carbons (Fsp3) is 0.647. The third-order valence-electron chi connectivity index (χ3n) is 3.41. The molecule has 114 valence electrons. The topological polar surface area (TPSA) is 18.5 Å². The van der Waals surface area contributed by atoms with Gasteiger partial charge in [-0.3, -0.25) is 0 Å². The first kappa shape index (κ1) is 17.2. The number of likely N-dealkylation sites (N-methyl/N-ethyl adjacent to an activating group) is 1. The summed E-state index contributed by atoms with van der Waals surface area (Å²) in [5.41, 5.74) is 2.83. The first-order valence-corrected chi connectivity index (χ1v) is 7.66. The van der Waals surface area contributed by atoms with Gasteiger partial charge in [0.15, 0.2) is 0 Å². The third-order valence-corrected chi connectivity index (χ3v) is 3.41. The molecule has 0 spiro atoms. The van der Waals surface area contributed by atoms with Crippen LogP contribution in [0.5, 0.6) is 0 Å². The Bertz CT molecular complexity index is 309. The lowest BCUT2D eigenvalue weighted by Crippen LogP contribution is -2.26. The van der Waals surface area contributed by atoms with E-state index in [9.17, 15) is 0 Å². The summed E-state index contributed by atoms with van der Waals surface area (Å²) in [7, 11) is 8.48. The summed E-state index contributed by atoms with van der Waals surface area (Å²) in [6, 6.07) is 9.06. The van der Waals surface area contributed by atoms with Gasteiger partial charge in [0.2, 0.25) is 0 Å². The lowest BCUT2D eigenvalue weighted by atomic mass is 10.1. The molecule has 1 N–H and O–H groups in total. The number of unbranched alkanes of at least 4 members (excludes halogenated alkanes) is 1. The molecule has 0 atom stereocenters. The monoisotopic (exact) mass is 277 g/mol. The molecule has 0 aliphatic carbocycles. The summed E-state index contributed by atoms with van der Waals surface area (Å²) in [5.74, 6) is 0. The fourth-order valence-corrected chi connectivity index (χ4v) is 2.12. The molecule has 0 radical (unpaired) electrons. The maximum atomic E-state index is 3.47. The molecule has 1 rings (SSSR count). The Morgan fingerprint density at radius 3 is 2.00 bits per heavy atom. The molecule has 0 fully saturated rings. The highest BCUT2D eigenvalue weighted by atomic mass is 15.1. The van der Waals surface area contributed by atoms with Crippen molar-refractivity contribution < 1.29 is 0 Å². The van der Waals surface area contributed by atoms with E-state index < -0.39 is 0 Å². The molecule has 3 heteroatoms. The SMILES string of the molecule is CN(C)CCCCc1ccc(CNCCN(C)C)cc1. The minimum atomic E-state index is 0.967. The normalized spacial score (nSPS) is 11.5. The van der Waals surface area contributed by atoms with Crippen LogP contribution >= 0.6 is 0 Å². The molecule has 20 heavy (non-hydrogen) atoms. The van der Waals surface area contributed by atoms with Gasteiger partial charge in [-0.1, -0.05) is 24.3 Å². The summed E-state index contributed by atoms with van der Waals surface area (Å²) >= 11 is 0. The van der Waals surface area contributed by atoms with Crippen molar-refractivity contribution >= 4 is 0 Å². The van der Waals surface area contributed by atoms with Crippen LogP contribution < -0.4 is 5.32 Å². The summed E-state index contributed by atoms with van der Waals surface area (Å²) in [6.07, 6.45) is 3.75. The first-order chi connectivity index (χ1) is 9.58. The maximum Gasteiger partial charge on any atom is 0.0206 e. The second-order valence-corrected chi connectivity index (χ2v) is 6.06. The Balaban J connectivity index is 2.19. The molecular weight excluding hydrogens is 246 g/mol. The zero-order chi connectivity index (χ0) is 14.8. The van der Waals surface area contributed by atoms with E-state index in [4.69, 9.17) is 0 Å². The number of hydrogen-bond acceptors (Lipinski definition) is 3. The molecule has 0 heterocycles. The molecule has 0 aliphatic heterocycles. The zero-order valence-electron chi connectivity index (χ0n) is 13.7. The predicted octanol–water partition coefficient (Wildman–Crippen LogP) is 2.22. The van der Waals surface area contributed by atoms with E-state index in [0.29, 0.717) is 0 Å². The lowest BCUT2D eigenvalue weighted by molar-refractivity contribution is 0.394. The number of nitrogens with zero attached hydrogens (tertiary/aromatic N) is 2. The number of nitrogens with one attached hydrogen (secondary N) is 1. The van der Waals surface area contributed by atoms with Crippen molar-refractivity contribution in [2.24, 2.45) is 0 Å². The quantitative estimate of drug-likeness (QED) is 0.662. The van der Waals surface area contributed by atoms with Crippen molar-refractivity contribution in [1.82, 2.24) is 15.1 Å². The minimum Gasteiger partial charge on any atom is -0.311 e. The fourth-order valence-electron chi connectivity index (χ4n) is 2.12. The van der Waals surface area contributed by atoms with E-state index in [0.717, 1.165) is 19.6 Å². The van der Waals surface area contributed by atoms with Crippen molar-refractivity contribution in [3.8, 4) is 0 Å². The molecule has 0 unspecified atom stereocenters. The van der Waals surface area contributed by atoms with Gasteiger partial charge in [0.25, 0.3) is 0 Å². The number of benzene rings is 1. The maximum absolute atomic E-state index is 3.47. The Kier molecular flexibility index (Phi) is 8.51. The molecule has 0 saturated carbocycles. The van der Waals surface area contributed by atoms with Crippen LogP contribution in [0, 0.1) is 0 Å². The molecule has 3 nitrogen and oxygen atoms in total. The molecular formula is C17H31N3. The Hall–Kier alpha value is -0.900. The standard InChI is InChI=1S/C17H31N3/c1-19(2)13-6-5-7-16-8-10-17(11-9-16)15-18-12-14-20(3)4/h8-11,18H,5-7,12-15H2,1-4H3. The van der Waals surface area contributed by atoms with Crippen molar-refractivity contribution in [2.45, 2.75) is 25.8 Å². The molecule has 0 bridgehead atoms. The highest BCUT2D eigenvalue weighted by Crippen LogP contribution is 2.08. The second-order valence-electron chi connectivity index (χ2n) is 6.06. The van der Waals surface area contributed by atoms with Crippen molar-refractivity contribution in [3.05, 3.63) is 35.4 Å². The van der Waals surface area contributed by atoms with E-state index in [1.807, 2.05) is 0 Å². The average Bonchev–Trinajstić information content (AvgIpc) is 2.41. The van der Waals surface area contributed by atoms with Crippen LogP contribution in [0.3, 0.4) is 0 Å². The van der Waals surface area contributed by atoms with Gasteiger partial charge in [0, 0.05) is 19.6 Å². The molecule has 0 aromatic heterocycles. The van der Waals surface area contributed by atoms with Crippen LogP contribution in [0.15, 0.2) is 24.3 Å². The molecule has 1 aromatic carbocycles. The third kappa shape index (κ3) is 8.31. The van der Waals surface area contributed by atoms with Gasteiger partial charge in [-0.05, 0) is 65.1 Å². The van der Waals surface area contributed by atoms with Gasteiger partial charge in [-0.15, -0.1) is 0 Å². The van der Waals surface area contributed by atoms with Gasteiger partial charge >= 0.3 is 0 Å². The zero-order valence-corrected chi connectivity index (χ0v) is 13.7. The summed E-state index contributed by atoms with van der Waals surface area (Å²) < 4.78 is 0. The van der Waals surface area contributed by atoms with Gasteiger partial charge in [0.1, 0.15) is 0 Å². The van der Waals surface area contributed by atoms with Crippen LogP contribution in [0.4, 0.5) is 0 Å². The highest BCUT2D eigenvalue weighted by molar-refractivity contribution is 5.22. The van der Waals surface area contributed by atoms with Gasteiger partial charge in [-0.25, -0.2) is 0 Å². The van der Waals surface area contributed by atoms with Crippen LogP contribution in [0.25, 0.3) is 0 Å². The Morgan fingerprint density at radius 1 is 0.800 bits per heavy atom. The van der Waals surface area contributed by atoms with E-state index in [1.165, 1.54) is 36.9 Å². The minimum absolute atomic E-state index is 0.967. The van der Waals surface area contributed by atoms with E-state index in [2.05, 4.69) is 67.6 Å². The van der Waals surface area contributed by atoms with Crippen molar-refractivity contribution in [3.63, 3.8) is 0 Å². The summed E-state index contributed by atoms with van der Waals surface area (Å²) in [5, 5.41) is 3.47. The molecule has 0 saturated heterocycles. The Morgan fingerprint density at radius 2 is 1.40 bits per heavy atom. The first-order valence-electron chi connectivity index (χ1n) is 7.66. The molecule has 0 aliphatic rings. The highest BCUT2D eigenvalue weighted by Gasteiger charge is 1.97. The number of hydrogen-bond donors (Lipinski definition) is 1. The van der Waals surface area contributed by atoms with E-state index in [-0.39, 0.29) is 0 Å². The van der Waals surface area contributed by atoms with E-state index >= 15 is 0 Å². The number of rotatable bonds is 10. The second kappa shape index (κ2) is 9.92. The number of aryl methyl sites for hydroxylation is 1. The average molecular weight is 277 g/mol. The van der Waals surface area contributed by atoms with Crippen LogP contribution in [0.1, 0.15) is 24.0 Å². The molecule has 0 amide bonds. The van der Waals surface area contributed by atoms with Crippen LogP contribution in [-0.2, 0) is 13.0 Å². The summed E-state index contributed by atoms with van der Waals surface area (Å²) in [4.78, 5) is 4.45. The largest absolute Gasteiger partial charge is 0.311 e. The summed E-state index contributed by atoms with van der Waals surface area (Å²) in [6.45, 7) is 4.28. The Labute approximate surface area is 125 Å². The van der Waals surface area contributed by atoms with Crippen molar-refractivity contribution in [1.29, 1.82) is 0 Å². The van der Waals surface area contributed by atoms with E-state index in [1.54, 1.807) is 0 Å². The lowest BCUT2D eigenvalue weighted by Gasteiger charge is -2.11. The van der Waals surface area contributed by atoms with Gasteiger partial charge in [-0.2, -0.15) is 0 Å². The van der Waals surface area contributed by atoms with Crippen LogP contribution in [-0.4, -0.2) is 57.6 Å².